The van der Waals surface area contributed by atoms with Gasteiger partial charge in [0.2, 0.25) is 0 Å². The molecule has 4 nitrogen and oxygen atoms in total. The number of primary amides is 1. The summed E-state index contributed by atoms with van der Waals surface area (Å²) in [7, 11) is 0. The van der Waals surface area contributed by atoms with Crippen molar-refractivity contribution in [1.82, 2.24) is 4.90 Å². The number of rotatable bonds is 2. The number of para-hydroxylation sites is 1. The molecule has 72 valence electrons. The number of carbonyl (C=O) groups is 1. The average molecular weight is 190 g/mol. The Labute approximate surface area is 81.6 Å². The van der Waals surface area contributed by atoms with E-state index in [9.17, 15) is 4.79 Å². The zero-order chi connectivity index (χ0) is 9.97. The number of urea groups is 1. The van der Waals surface area contributed by atoms with Gasteiger partial charge >= 0.3 is 6.03 Å². The van der Waals surface area contributed by atoms with E-state index in [1.165, 1.54) is 4.90 Å². The van der Waals surface area contributed by atoms with Gasteiger partial charge in [-0.15, -0.1) is 0 Å². The van der Waals surface area contributed by atoms with Gasteiger partial charge in [-0.2, -0.15) is 0 Å². The number of hydrogen-bond donors (Lipinski definition) is 1. The summed E-state index contributed by atoms with van der Waals surface area (Å²) in [6, 6.07) is 8.95. The van der Waals surface area contributed by atoms with Crippen LogP contribution in [0.2, 0.25) is 0 Å². The summed E-state index contributed by atoms with van der Waals surface area (Å²) in [6.45, 7) is 0.449. The van der Waals surface area contributed by atoms with Gasteiger partial charge in [0.1, 0.15) is 11.5 Å². The van der Waals surface area contributed by atoms with Crippen molar-refractivity contribution in [2.75, 3.05) is 6.54 Å². The van der Waals surface area contributed by atoms with Crippen LogP contribution in [0.4, 0.5) is 4.79 Å². The number of amides is 2. The molecule has 0 saturated heterocycles. The lowest BCUT2D eigenvalue weighted by Crippen LogP contribution is -2.40. The molecule has 0 aromatic heterocycles. The molecular formula is C10H10N2O2. The van der Waals surface area contributed by atoms with E-state index in [4.69, 9.17) is 10.5 Å². The van der Waals surface area contributed by atoms with Crippen molar-refractivity contribution in [2.45, 2.75) is 0 Å². The number of nitrogens with two attached hydrogens (primary N) is 1. The van der Waals surface area contributed by atoms with E-state index in [0.717, 1.165) is 11.5 Å². The van der Waals surface area contributed by atoms with Crippen LogP contribution in [0.1, 0.15) is 0 Å². The third-order valence-electron chi connectivity index (χ3n) is 1.90. The molecule has 0 bridgehead atoms. The minimum atomic E-state index is -0.453. The number of hydrogen-bond acceptors (Lipinski definition) is 2. The van der Waals surface area contributed by atoms with Crippen molar-refractivity contribution in [3.8, 4) is 5.75 Å². The van der Waals surface area contributed by atoms with E-state index in [1.807, 2.05) is 30.3 Å². The van der Waals surface area contributed by atoms with E-state index in [-0.39, 0.29) is 0 Å². The molecule has 1 aromatic rings. The molecule has 0 aliphatic carbocycles. The van der Waals surface area contributed by atoms with Crippen molar-refractivity contribution >= 4 is 6.03 Å². The van der Waals surface area contributed by atoms with Gasteiger partial charge in [0.05, 0.1) is 6.54 Å². The molecule has 0 atom stereocenters. The average Bonchev–Trinajstić information content (AvgIpc) is 2.12. The Morgan fingerprint density at radius 1 is 1.36 bits per heavy atom. The standard InChI is InChI=1S/C10H10N2O2/c11-10(13)12-6-9(7-12)14-8-4-2-1-3-5-8/h1-6H,7H2,(H2,11,13). The summed E-state index contributed by atoms with van der Waals surface area (Å²) in [5.41, 5.74) is 5.04. The first-order valence-electron chi connectivity index (χ1n) is 4.25. The van der Waals surface area contributed by atoms with Gasteiger partial charge in [-0.1, -0.05) is 18.2 Å². The Morgan fingerprint density at radius 3 is 2.57 bits per heavy atom. The first kappa shape index (κ1) is 8.62. The Balaban J connectivity index is 1.96. The summed E-state index contributed by atoms with van der Waals surface area (Å²) in [4.78, 5) is 12.0. The smallest absolute Gasteiger partial charge is 0.319 e. The highest BCUT2D eigenvalue weighted by molar-refractivity contribution is 5.74. The minimum Gasteiger partial charge on any atom is -0.458 e. The molecule has 2 amide bonds. The fourth-order valence-electron chi connectivity index (χ4n) is 1.16. The number of nitrogens with zero attached hydrogens (tertiary/aromatic N) is 1. The normalized spacial score (nSPS) is 14.3. The van der Waals surface area contributed by atoms with E-state index in [2.05, 4.69) is 0 Å². The summed E-state index contributed by atoms with van der Waals surface area (Å²) >= 11 is 0. The SMILES string of the molecule is NC(=O)N1C=C(Oc2ccccc2)C1. The molecule has 2 rings (SSSR count). The summed E-state index contributed by atoms with van der Waals surface area (Å²) in [6.07, 6.45) is 1.59. The molecule has 0 unspecified atom stereocenters. The van der Waals surface area contributed by atoms with Gasteiger partial charge in [0.15, 0.2) is 0 Å². The second-order valence-corrected chi connectivity index (χ2v) is 2.98. The maximum atomic E-state index is 10.6. The molecule has 1 aliphatic heterocycles. The lowest BCUT2D eigenvalue weighted by atomic mass is 10.3. The van der Waals surface area contributed by atoms with Crippen molar-refractivity contribution in [2.24, 2.45) is 5.73 Å². The van der Waals surface area contributed by atoms with E-state index >= 15 is 0 Å². The summed E-state index contributed by atoms with van der Waals surface area (Å²) < 4.78 is 5.44. The molecule has 0 saturated carbocycles. The van der Waals surface area contributed by atoms with Crippen LogP contribution in [0.25, 0.3) is 0 Å². The predicted molar refractivity (Wildman–Crippen MR) is 51.4 cm³/mol. The quantitative estimate of drug-likeness (QED) is 0.764. The van der Waals surface area contributed by atoms with Gasteiger partial charge in [-0.25, -0.2) is 4.79 Å². The number of ether oxygens (including phenoxy) is 1. The van der Waals surface area contributed by atoms with Gasteiger partial charge in [-0.05, 0) is 12.1 Å². The zero-order valence-corrected chi connectivity index (χ0v) is 7.51. The first-order chi connectivity index (χ1) is 6.75. The number of benzene rings is 1. The molecule has 1 aliphatic rings. The highest BCUT2D eigenvalue weighted by atomic mass is 16.5. The van der Waals surface area contributed by atoms with Crippen LogP contribution in [-0.4, -0.2) is 17.5 Å². The molecule has 0 spiro atoms. The Bertz CT molecular complexity index is 373. The second-order valence-electron chi connectivity index (χ2n) is 2.98. The van der Waals surface area contributed by atoms with Crippen LogP contribution < -0.4 is 10.5 Å². The van der Waals surface area contributed by atoms with E-state index in [0.29, 0.717) is 6.54 Å². The fourth-order valence-corrected chi connectivity index (χ4v) is 1.16. The molecule has 1 aromatic carbocycles. The summed E-state index contributed by atoms with van der Waals surface area (Å²) in [5.74, 6) is 1.51. The van der Waals surface area contributed by atoms with Gasteiger partial charge in [0.25, 0.3) is 0 Å². The maximum absolute atomic E-state index is 10.6. The molecule has 4 heteroatoms. The zero-order valence-electron chi connectivity index (χ0n) is 7.51. The Morgan fingerprint density at radius 2 is 2.00 bits per heavy atom. The van der Waals surface area contributed by atoms with Crippen LogP contribution in [-0.2, 0) is 0 Å². The largest absolute Gasteiger partial charge is 0.458 e. The molecular weight excluding hydrogens is 180 g/mol. The fraction of sp³-hybridized carbons (Fsp3) is 0.100. The van der Waals surface area contributed by atoms with Crippen LogP contribution >= 0.6 is 0 Å². The minimum absolute atomic E-state index is 0.449. The van der Waals surface area contributed by atoms with Crippen LogP contribution in [0, 0.1) is 0 Å². The van der Waals surface area contributed by atoms with E-state index < -0.39 is 6.03 Å². The van der Waals surface area contributed by atoms with Gasteiger partial charge in [-0.3, -0.25) is 4.90 Å². The highest BCUT2D eigenvalue weighted by Gasteiger charge is 2.21. The predicted octanol–water partition coefficient (Wildman–Crippen LogP) is 1.30. The van der Waals surface area contributed by atoms with E-state index in [1.54, 1.807) is 6.20 Å². The highest BCUT2D eigenvalue weighted by Crippen LogP contribution is 2.18. The lowest BCUT2D eigenvalue weighted by molar-refractivity contribution is 0.208. The first-order valence-corrected chi connectivity index (χ1v) is 4.25. The topological polar surface area (TPSA) is 55.6 Å². The van der Waals surface area contributed by atoms with Crippen LogP contribution in [0.15, 0.2) is 42.3 Å². The van der Waals surface area contributed by atoms with Crippen molar-refractivity contribution in [3.63, 3.8) is 0 Å². The second kappa shape index (κ2) is 3.41. The van der Waals surface area contributed by atoms with Crippen LogP contribution in [0.5, 0.6) is 5.75 Å². The monoisotopic (exact) mass is 190 g/mol. The molecule has 14 heavy (non-hydrogen) atoms. The van der Waals surface area contributed by atoms with Gasteiger partial charge in [0, 0.05) is 6.20 Å². The lowest BCUT2D eigenvalue weighted by Gasteiger charge is -2.27. The Hall–Kier alpha value is -1.97. The van der Waals surface area contributed by atoms with Crippen molar-refractivity contribution < 1.29 is 9.53 Å². The third kappa shape index (κ3) is 1.69. The molecule has 0 radical (unpaired) electrons. The van der Waals surface area contributed by atoms with Crippen LogP contribution in [0.3, 0.4) is 0 Å². The van der Waals surface area contributed by atoms with Crippen molar-refractivity contribution in [1.29, 1.82) is 0 Å². The molecule has 0 fully saturated rings. The molecule has 2 N–H and O–H groups in total. The van der Waals surface area contributed by atoms with Crippen molar-refractivity contribution in [3.05, 3.63) is 42.3 Å². The number of carbonyl (C=O) groups excluding carboxylic acids is 1. The summed E-state index contributed by atoms with van der Waals surface area (Å²) in [5, 5.41) is 0. The van der Waals surface area contributed by atoms with Gasteiger partial charge < -0.3 is 10.5 Å². The molecule has 1 heterocycles. The maximum Gasteiger partial charge on any atom is 0.319 e. The third-order valence-corrected chi connectivity index (χ3v) is 1.90. The Kier molecular flexibility index (Phi) is 2.10.